The molecule has 3 aromatic carbocycles. The van der Waals surface area contributed by atoms with E-state index in [1.54, 1.807) is 4.57 Å². The van der Waals surface area contributed by atoms with Crippen LogP contribution in [0.25, 0.3) is 10.9 Å². The monoisotopic (exact) mass is 429 g/mol. The molecule has 0 amide bonds. The summed E-state index contributed by atoms with van der Waals surface area (Å²) < 4.78 is 13.5. The number of aromatic nitrogens is 1. The summed E-state index contributed by atoms with van der Waals surface area (Å²) >= 11 is 0. The number of unbranched alkanes of at least 4 members (excludes halogenated alkanes) is 1. The highest BCUT2D eigenvalue weighted by Crippen LogP contribution is 2.34. The first-order chi connectivity index (χ1) is 15.7. The minimum absolute atomic E-state index is 0.205. The van der Waals surface area contributed by atoms with Gasteiger partial charge in [-0.05, 0) is 29.7 Å². The van der Waals surface area contributed by atoms with Crippen molar-refractivity contribution in [3.05, 3.63) is 100 Å². The van der Waals surface area contributed by atoms with Gasteiger partial charge in [0.25, 0.3) is 5.56 Å². The minimum Gasteiger partial charge on any atom is -0.500 e. The van der Waals surface area contributed by atoms with E-state index in [9.17, 15) is 9.90 Å². The molecule has 0 spiro atoms. The van der Waals surface area contributed by atoms with Crippen LogP contribution in [0, 0.1) is 0 Å². The maximum absolute atomic E-state index is 13.0. The van der Waals surface area contributed by atoms with E-state index in [-0.39, 0.29) is 18.1 Å². The van der Waals surface area contributed by atoms with Crippen LogP contribution in [0.4, 0.5) is 0 Å². The molecule has 1 aromatic heterocycles. The van der Waals surface area contributed by atoms with Gasteiger partial charge in [0, 0.05) is 18.0 Å². The molecule has 164 valence electrons. The van der Waals surface area contributed by atoms with Crippen molar-refractivity contribution < 1.29 is 14.6 Å². The van der Waals surface area contributed by atoms with Crippen LogP contribution in [0.15, 0.2) is 83.7 Å². The Kier molecular flexibility index (Phi) is 6.75. The zero-order chi connectivity index (χ0) is 22.3. The molecule has 1 heterocycles. The SMILES string of the molecule is CCCCn1c(=O)c(O)c(OCc2ccccc2)c2ccc(OCc3ccccc3)cc21. The smallest absolute Gasteiger partial charge is 0.297 e. The highest BCUT2D eigenvalue weighted by molar-refractivity contribution is 5.88. The van der Waals surface area contributed by atoms with Gasteiger partial charge in [-0.15, -0.1) is 0 Å². The number of benzene rings is 3. The van der Waals surface area contributed by atoms with Crippen molar-refractivity contribution in [3.8, 4) is 17.2 Å². The van der Waals surface area contributed by atoms with Crippen molar-refractivity contribution in [2.24, 2.45) is 0 Å². The molecule has 0 unspecified atom stereocenters. The Balaban J connectivity index is 1.71. The molecule has 0 bridgehead atoms. The zero-order valence-corrected chi connectivity index (χ0v) is 18.2. The van der Waals surface area contributed by atoms with Gasteiger partial charge >= 0.3 is 0 Å². The van der Waals surface area contributed by atoms with Crippen LogP contribution in [0.3, 0.4) is 0 Å². The molecule has 0 radical (unpaired) electrons. The fourth-order valence-electron chi connectivity index (χ4n) is 3.63. The average Bonchev–Trinajstić information content (AvgIpc) is 2.84. The number of hydrogen-bond acceptors (Lipinski definition) is 4. The summed E-state index contributed by atoms with van der Waals surface area (Å²) in [5.74, 6) is 0.504. The average molecular weight is 430 g/mol. The predicted molar refractivity (Wildman–Crippen MR) is 126 cm³/mol. The molecule has 32 heavy (non-hydrogen) atoms. The zero-order valence-electron chi connectivity index (χ0n) is 18.2. The van der Waals surface area contributed by atoms with Crippen molar-refractivity contribution in [3.63, 3.8) is 0 Å². The Hall–Kier alpha value is -3.73. The Bertz CT molecular complexity index is 1230. The lowest BCUT2D eigenvalue weighted by Gasteiger charge is -2.17. The minimum atomic E-state index is -0.450. The maximum Gasteiger partial charge on any atom is 0.297 e. The molecule has 0 atom stereocenters. The van der Waals surface area contributed by atoms with E-state index >= 15 is 0 Å². The van der Waals surface area contributed by atoms with Crippen LogP contribution >= 0.6 is 0 Å². The number of pyridine rings is 1. The molecule has 4 rings (SSSR count). The van der Waals surface area contributed by atoms with Gasteiger partial charge < -0.3 is 19.1 Å². The van der Waals surface area contributed by atoms with E-state index in [4.69, 9.17) is 9.47 Å². The molecule has 0 fully saturated rings. The highest BCUT2D eigenvalue weighted by Gasteiger charge is 2.18. The van der Waals surface area contributed by atoms with Gasteiger partial charge in [-0.25, -0.2) is 0 Å². The number of aryl methyl sites for hydroxylation is 1. The van der Waals surface area contributed by atoms with E-state index in [1.165, 1.54) is 0 Å². The van der Waals surface area contributed by atoms with Crippen molar-refractivity contribution in [1.82, 2.24) is 4.57 Å². The number of ether oxygens (including phenoxy) is 2. The number of fused-ring (bicyclic) bond motifs is 1. The van der Waals surface area contributed by atoms with Gasteiger partial charge in [0.1, 0.15) is 19.0 Å². The van der Waals surface area contributed by atoms with Crippen LogP contribution in [-0.4, -0.2) is 9.67 Å². The first kappa shape index (κ1) is 21.5. The largest absolute Gasteiger partial charge is 0.500 e. The predicted octanol–water partition coefficient (Wildman–Crippen LogP) is 5.67. The fourth-order valence-corrected chi connectivity index (χ4v) is 3.63. The molecule has 0 aliphatic rings. The third kappa shape index (κ3) is 4.78. The quantitative estimate of drug-likeness (QED) is 0.373. The van der Waals surface area contributed by atoms with Crippen LogP contribution in [0.5, 0.6) is 17.2 Å². The lowest BCUT2D eigenvalue weighted by Crippen LogP contribution is -2.21. The molecule has 0 aliphatic carbocycles. The van der Waals surface area contributed by atoms with Gasteiger partial charge in [0.2, 0.25) is 5.75 Å². The maximum atomic E-state index is 13.0. The highest BCUT2D eigenvalue weighted by atomic mass is 16.5. The van der Waals surface area contributed by atoms with E-state index < -0.39 is 5.56 Å². The summed E-state index contributed by atoms with van der Waals surface area (Å²) in [7, 11) is 0. The van der Waals surface area contributed by atoms with Crippen molar-refractivity contribution >= 4 is 10.9 Å². The van der Waals surface area contributed by atoms with Crippen LogP contribution in [0.2, 0.25) is 0 Å². The first-order valence-corrected chi connectivity index (χ1v) is 10.9. The van der Waals surface area contributed by atoms with Crippen LogP contribution in [-0.2, 0) is 19.8 Å². The molecule has 0 saturated heterocycles. The second-order valence-electron chi connectivity index (χ2n) is 7.72. The van der Waals surface area contributed by atoms with Gasteiger partial charge in [0.05, 0.1) is 5.52 Å². The molecular weight excluding hydrogens is 402 g/mol. The summed E-state index contributed by atoms with van der Waals surface area (Å²) in [6.07, 6.45) is 1.76. The van der Waals surface area contributed by atoms with Crippen molar-refractivity contribution in [2.75, 3.05) is 0 Å². The topological polar surface area (TPSA) is 60.7 Å². The lowest BCUT2D eigenvalue weighted by atomic mass is 10.1. The summed E-state index contributed by atoms with van der Waals surface area (Å²) in [6, 6.07) is 25.1. The third-order valence-electron chi connectivity index (χ3n) is 5.38. The molecule has 1 N–H and O–H groups in total. The first-order valence-electron chi connectivity index (χ1n) is 10.9. The summed E-state index contributed by atoms with van der Waals surface area (Å²) in [4.78, 5) is 13.0. The number of hydrogen-bond donors (Lipinski definition) is 1. The second-order valence-corrected chi connectivity index (χ2v) is 7.72. The van der Waals surface area contributed by atoms with E-state index in [0.29, 0.717) is 29.8 Å². The van der Waals surface area contributed by atoms with E-state index in [2.05, 4.69) is 6.92 Å². The number of nitrogens with zero attached hydrogens (tertiary/aromatic N) is 1. The standard InChI is InChI=1S/C27H27NO4/c1-2-3-16-28-24-17-22(31-18-20-10-6-4-7-11-20)14-15-23(24)26(25(29)27(28)30)32-19-21-12-8-5-9-13-21/h4-15,17,29H,2-3,16,18-19H2,1H3. The van der Waals surface area contributed by atoms with Crippen LogP contribution in [0.1, 0.15) is 30.9 Å². The molecule has 4 aromatic rings. The normalized spacial score (nSPS) is 10.9. The Morgan fingerprint density at radius 3 is 2.09 bits per heavy atom. The van der Waals surface area contributed by atoms with Gasteiger partial charge in [-0.1, -0.05) is 74.0 Å². The van der Waals surface area contributed by atoms with Crippen molar-refractivity contribution in [2.45, 2.75) is 39.5 Å². The van der Waals surface area contributed by atoms with Crippen LogP contribution < -0.4 is 15.0 Å². The third-order valence-corrected chi connectivity index (χ3v) is 5.38. The lowest BCUT2D eigenvalue weighted by molar-refractivity contribution is 0.289. The molecule has 5 nitrogen and oxygen atoms in total. The summed E-state index contributed by atoms with van der Waals surface area (Å²) in [5.41, 5.74) is 2.26. The molecular formula is C27H27NO4. The Morgan fingerprint density at radius 2 is 1.47 bits per heavy atom. The number of rotatable bonds is 9. The summed E-state index contributed by atoms with van der Waals surface area (Å²) in [6.45, 7) is 3.27. The van der Waals surface area contributed by atoms with Crippen molar-refractivity contribution in [1.29, 1.82) is 0 Å². The Morgan fingerprint density at radius 1 is 0.844 bits per heavy atom. The number of aromatic hydroxyl groups is 1. The second kappa shape index (κ2) is 10.1. The molecule has 0 saturated carbocycles. The summed E-state index contributed by atoms with van der Waals surface area (Å²) in [5, 5.41) is 11.4. The fraction of sp³-hybridized carbons (Fsp3) is 0.222. The van der Waals surface area contributed by atoms with E-state index in [0.717, 1.165) is 24.0 Å². The van der Waals surface area contributed by atoms with Gasteiger partial charge in [0.15, 0.2) is 5.75 Å². The van der Waals surface area contributed by atoms with Gasteiger partial charge in [-0.2, -0.15) is 0 Å². The molecule has 0 aliphatic heterocycles. The van der Waals surface area contributed by atoms with Gasteiger partial charge in [-0.3, -0.25) is 4.79 Å². The van der Waals surface area contributed by atoms with E-state index in [1.807, 2.05) is 78.9 Å². The Labute approximate surface area is 187 Å². The molecule has 5 heteroatoms.